The number of anilines is 2. The van der Waals surface area contributed by atoms with Gasteiger partial charge in [-0.2, -0.15) is 0 Å². The number of phenolic OH excluding ortho intramolecular Hbond substituents is 1. The van der Waals surface area contributed by atoms with Crippen LogP contribution in [0.15, 0.2) is 24.5 Å². The van der Waals surface area contributed by atoms with Gasteiger partial charge in [0.05, 0.1) is 29.0 Å². The van der Waals surface area contributed by atoms with Crippen molar-refractivity contribution in [1.82, 2.24) is 19.5 Å². The minimum Gasteiger partial charge on any atom is -0.508 e. The van der Waals surface area contributed by atoms with Gasteiger partial charge in [0.1, 0.15) is 23.5 Å². The topological polar surface area (TPSA) is 93.1 Å². The molecule has 0 radical (unpaired) electrons. The SMILES string of the molecule is Cc1ccc(O)c(C)c1-n1c2nc(C)c(N3CCC(F)(F)C3)cc2c2c(N)ncnc21. The van der Waals surface area contributed by atoms with Crippen molar-refractivity contribution in [1.29, 1.82) is 0 Å². The number of fused-ring (bicyclic) bond motifs is 3. The van der Waals surface area contributed by atoms with Crippen molar-refractivity contribution in [3.63, 3.8) is 0 Å². The first-order valence-electron chi connectivity index (χ1n) is 10.0. The predicted octanol–water partition coefficient (Wildman–Crippen LogP) is 4.03. The number of nitrogens with zero attached hydrogens (tertiary/aromatic N) is 5. The van der Waals surface area contributed by atoms with Crippen LogP contribution in [0.1, 0.15) is 23.2 Å². The largest absolute Gasteiger partial charge is 0.508 e. The molecule has 9 heteroatoms. The average Bonchev–Trinajstić information content (AvgIpc) is 3.22. The third kappa shape index (κ3) is 2.87. The van der Waals surface area contributed by atoms with Gasteiger partial charge in [-0.3, -0.25) is 4.57 Å². The number of phenols is 1. The van der Waals surface area contributed by atoms with E-state index in [-0.39, 0.29) is 31.1 Å². The molecule has 0 aliphatic carbocycles. The number of aromatic hydroxyl groups is 1. The second-order valence-electron chi connectivity index (χ2n) is 8.16. The van der Waals surface area contributed by atoms with Gasteiger partial charge in [-0.25, -0.2) is 23.7 Å². The van der Waals surface area contributed by atoms with Crippen molar-refractivity contribution in [3.8, 4) is 11.4 Å². The lowest BCUT2D eigenvalue weighted by molar-refractivity contribution is 0.0257. The quantitative estimate of drug-likeness (QED) is 0.505. The van der Waals surface area contributed by atoms with Gasteiger partial charge in [0.2, 0.25) is 0 Å². The van der Waals surface area contributed by atoms with Crippen molar-refractivity contribution in [2.75, 3.05) is 23.7 Å². The van der Waals surface area contributed by atoms with Crippen LogP contribution in [-0.2, 0) is 0 Å². The third-order valence-corrected chi connectivity index (χ3v) is 6.05. The second-order valence-corrected chi connectivity index (χ2v) is 8.16. The number of hydrogen-bond donors (Lipinski definition) is 2. The zero-order valence-electron chi connectivity index (χ0n) is 17.4. The molecule has 3 N–H and O–H groups in total. The van der Waals surface area contributed by atoms with E-state index >= 15 is 0 Å². The summed E-state index contributed by atoms with van der Waals surface area (Å²) in [5.74, 6) is -2.27. The maximum absolute atomic E-state index is 13.9. The number of benzene rings is 1. The van der Waals surface area contributed by atoms with Crippen molar-refractivity contribution in [3.05, 3.63) is 41.3 Å². The van der Waals surface area contributed by atoms with Gasteiger partial charge in [0.25, 0.3) is 5.92 Å². The van der Waals surface area contributed by atoms with Crippen LogP contribution in [0.3, 0.4) is 0 Å². The standard InChI is InChI=1S/C22H22F2N6O/c1-11-4-5-16(31)12(2)18(11)30-20-14(17-19(25)26-10-27-21(17)30)8-15(13(3)28-20)29-7-6-22(23,24)9-29/h4-5,8,10,31H,6-7,9H2,1-3H3,(H2,25,26,27). The Morgan fingerprint density at radius 1 is 1.13 bits per heavy atom. The summed E-state index contributed by atoms with van der Waals surface area (Å²) < 4.78 is 29.6. The maximum Gasteiger partial charge on any atom is 0.266 e. The Morgan fingerprint density at radius 3 is 2.61 bits per heavy atom. The highest BCUT2D eigenvalue weighted by Crippen LogP contribution is 2.40. The summed E-state index contributed by atoms with van der Waals surface area (Å²) in [7, 11) is 0. The van der Waals surface area contributed by atoms with E-state index in [1.807, 2.05) is 37.5 Å². The molecule has 4 heterocycles. The molecule has 5 rings (SSSR count). The van der Waals surface area contributed by atoms with E-state index in [0.717, 1.165) is 11.3 Å². The number of aromatic nitrogens is 4. The maximum atomic E-state index is 13.9. The summed E-state index contributed by atoms with van der Waals surface area (Å²) in [5, 5.41) is 11.6. The first-order chi connectivity index (χ1) is 14.7. The Bertz CT molecular complexity index is 1360. The lowest BCUT2D eigenvalue weighted by Crippen LogP contribution is -2.25. The van der Waals surface area contributed by atoms with E-state index in [1.165, 1.54) is 6.33 Å². The highest BCUT2D eigenvalue weighted by molar-refractivity contribution is 6.12. The first kappa shape index (κ1) is 19.5. The van der Waals surface area contributed by atoms with Crippen molar-refractivity contribution in [2.45, 2.75) is 33.1 Å². The average molecular weight is 424 g/mol. The van der Waals surface area contributed by atoms with Crippen LogP contribution in [0, 0.1) is 20.8 Å². The molecule has 1 aromatic carbocycles. The number of pyridine rings is 1. The molecule has 0 atom stereocenters. The zero-order chi connectivity index (χ0) is 22.1. The van der Waals surface area contributed by atoms with Crippen molar-refractivity contribution >= 4 is 33.6 Å². The molecule has 1 aliphatic rings. The minimum atomic E-state index is -2.71. The molecular weight excluding hydrogens is 402 g/mol. The second kappa shape index (κ2) is 6.50. The molecule has 0 spiro atoms. The van der Waals surface area contributed by atoms with Gasteiger partial charge < -0.3 is 15.7 Å². The Hall–Kier alpha value is -3.49. The number of halogens is 2. The minimum absolute atomic E-state index is 0.158. The number of nitrogen functional groups attached to an aromatic ring is 1. The monoisotopic (exact) mass is 424 g/mol. The predicted molar refractivity (Wildman–Crippen MR) is 116 cm³/mol. The van der Waals surface area contributed by atoms with E-state index in [1.54, 1.807) is 11.0 Å². The summed E-state index contributed by atoms with van der Waals surface area (Å²) in [4.78, 5) is 15.1. The van der Waals surface area contributed by atoms with E-state index < -0.39 is 5.92 Å². The number of alkyl halides is 2. The lowest BCUT2D eigenvalue weighted by Gasteiger charge is -2.20. The molecule has 0 unspecified atom stereocenters. The molecule has 4 aromatic rings. The van der Waals surface area contributed by atoms with Gasteiger partial charge in [-0.05, 0) is 38.5 Å². The van der Waals surface area contributed by atoms with Crippen molar-refractivity contribution in [2.24, 2.45) is 0 Å². The van der Waals surface area contributed by atoms with E-state index in [2.05, 4.69) is 9.97 Å². The fraction of sp³-hybridized carbons (Fsp3) is 0.318. The number of aryl methyl sites for hydroxylation is 2. The van der Waals surface area contributed by atoms with Gasteiger partial charge in [-0.15, -0.1) is 0 Å². The van der Waals surface area contributed by atoms with Gasteiger partial charge in [0.15, 0.2) is 5.65 Å². The summed E-state index contributed by atoms with van der Waals surface area (Å²) in [6.07, 6.45) is 1.20. The van der Waals surface area contributed by atoms with Gasteiger partial charge in [0, 0.05) is 23.9 Å². The fourth-order valence-corrected chi connectivity index (χ4v) is 4.50. The normalized spacial score (nSPS) is 16.0. The van der Waals surface area contributed by atoms with Crippen LogP contribution in [0.4, 0.5) is 20.3 Å². The number of nitrogens with two attached hydrogens (primary N) is 1. The molecule has 3 aromatic heterocycles. The van der Waals surface area contributed by atoms with Crippen LogP contribution in [0.2, 0.25) is 0 Å². The Balaban J connectivity index is 1.87. The number of hydrogen-bond acceptors (Lipinski definition) is 6. The van der Waals surface area contributed by atoms with Crippen LogP contribution in [-0.4, -0.2) is 43.6 Å². The first-order valence-corrected chi connectivity index (χ1v) is 10.0. The van der Waals surface area contributed by atoms with Crippen LogP contribution in [0.5, 0.6) is 5.75 Å². The summed E-state index contributed by atoms with van der Waals surface area (Å²) >= 11 is 0. The smallest absolute Gasteiger partial charge is 0.266 e. The summed E-state index contributed by atoms with van der Waals surface area (Å²) in [6, 6.07) is 5.33. The summed E-state index contributed by atoms with van der Waals surface area (Å²) in [6.45, 7) is 5.50. The molecule has 1 saturated heterocycles. The van der Waals surface area contributed by atoms with Crippen LogP contribution in [0.25, 0.3) is 27.8 Å². The van der Waals surface area contributed by atoms with Crippen LogP contribution < -0.4 is 10.6 Å². The molecule has 160 valence electrons. The lowest BCUT2D eigenvalue weighted by atomic mass is 10.1. The molecule has 7 nitrogen and oxygen atoms in total. The number of rotatable bonds is 2. The molecule has 31 heavy (non-hydrogen) atoms. The molecule has 0 amide bonds. The Labute approximate surface area is 177 Å². The Kier molecular flexibility index (Phi) is 4.08. The van der Waals surface area contributed by atoms with E-state index in [0.29, 0.717) is 39.0 Å². The molecule has 1 fully saturated rings. The highest BCUT2D eigenvalue weighted by Gasteiger charge is 2.39. The van der Waals surface area contributed by atoms with Crippen LogP contribution >= 0.6 is 0 Å². The molecular formula is C22H22F2N6O. The van der Waals surface area contributed by atoms with Gasteiger partial charge >= 0.3 is 0 Å². The molecule has 0 saturated carbocycles. The van der Waals surface area contributed by atoms with E-state index in [4.69, 9.17) is 10.7 Å². The molecule has 1 aliphatic heterocycles. The zero-order valence-corrected chi connectivity index (χ0v) is 17.4. The fourth-order valence-electron chi connectivity index (χ4n) is 4.50. The molecule has 0 bridgehead atoms. The summed E-state index contributed by atoms with van der Waals surface area (Å²) in [5.41, 5.74) is 11.0. The Morgan fingerprint density at radius 2 is 1.90 bits per heavy atom. The van der Waals surface area contributed by atoms with Gasteiger partial charge in [-0.1, -0.05) is 6.07 Å². The third-order valence-electron chi connectivity index (χ3n) is 6.05. The van der Waals surface area contributed by atoms with Crippen molar-refractivity contribution < 1.29 is 13.9 Å². The highest BCUT2D eigenvalue weighted by atomic mass is 19.3. The van der Waals surface area contributed by atoms with E-state index in [9.17, 15) is 13.9 Å².